The second kappa shape index (κ2) is 3.60. The van der Waals surface area contributed by atoms with Crippen LogP contribution >= 0.6 is 0 Å². The average molecular weight is 178 g/mol. The third-order valence-electron chi connectivity index (χ3n) is 1.90. The van der Waals surface area contributed by atoms with Gasteiger partial charge in [-0.25, -0.2) is 0 Å². The molecule has 1 aromatic carbocycles. The smallest absolute Gasteiger partial charge is 0.152 e. The lowest BCUT2D eigenvalue weighted by molar-refractivity contribution is 1.36. The minimum atomic E-state index is 0.852. The van der Waals surface area contributed by atoms with Gasteiger partial charge in [0, 0.05) is 29.3 Å². The topological polar surface area (TPSA) is 36.7 Å². The van der Waals surface area contributed by atoms with E-state index >= 15 is 0 Å². The van der Waals surface area contributed by atoms with Crippen molar-refractivity contribution in [2.24, 2.45) is 0 Å². The predicted octanol–water partition coefficient (Wildman–Crippen LogP) is 2.11. The number of hydrogen-bond acceptors (Lipinski definition) is 2. The Morgan fingerprint density at radius 2 is 2.07 bits per heavy atom. The van der Waals surface area contributed by atoms with Crippen LogP contribution in [0.5, 0.6) is 0 Å². The number of rotatable bonds is 0. The molecule has 0 radical (unpaired) electrons. The SMILES string of the molecule is N#CC#Cc1ccc2cnccc2c1. The molecule has 0 amide bonds. The molecule has 2 nitrogen and oxygen atoms in total. The fraction of sp³-hybridized carbons (Fsp3) is 0. The first-order valence-electron chi connectivity index (χ1n) is 4.14. The molecule has 0 spiro atoms. The molecule has 0 aliphatic rings. The van der Waals surface area contributed by atoms with Gasteiger partial charge in [0.2, 0.25) is 0 Å². The quantitative estimate of drug-likeness (QED) is 0.579. The van der Waals surface area contributed by atoms with E-state index in [4.69, 9.17) is 5.26 Å². The number of benzene rings is 1. The van der Waals surface area contributed by atoms with Crippen LogP contribution in [0.4, 0.5) is 0 Å². The summed E-state index contributed by atoms with van der Waals surface area (Å²) >= 11 is 0. The molecule has 0 saturated heterocycles. The van der Waals surface area contributed by atoms with Gasteiger partial charge in [0.1, 0.15) is 0 Å². The first-order valence-corrected chi connectivity index (χ1v) is 4.14. The highest BCUT2D eigenvalue weighted by atomic mass is 14.6. The third-order valence-corrected chi connectivity index (χ3v) is 1.90. The van der Waals surface area contributed by atoms with E-state index in [1.54, 1.807) is 18.5 Å². The molecule has 0 N–H and O–H groups in total. The van der Waals surface area contributed by atoms with Crippen LogP contribution in [0, 0.1) is 23.2 Å². The highest BCUT2D eigenvalue weighted by molar-refractivity contribution is 5.82. The second-order valence-electron chi connectivity index (χ2n) is 2.80. The molecular formula is C12H6N2. The van der Waals surface area contributed by atoms with Crippen molar-refractivity contribution in [3.63, 3.8) is 0 Å². The normalized spacial score (nSPS) is 8.79. The summed E-state index contributed by atoms with van der Waals surface area (Å²) in [4.78, 5) is 4.02. The second-order valence-corrected chi connectivity index (χ2v) is 2.80. The van der Waals surface area contributed by atoms with Gasteiger partial charge in [0.15, 0.2) is 6.07 Å². The molecule has 0 fully saturated rings. The van der Waals surface area contributed by atoms with Gasteiger partial charge in [-0.3, -0.25) is 4.98 Å². The Kier molecular flexibility index (Phi) is 2.13. The minimum Gasteiger partial charge on any atom is -0.264 e. The standard InChI is InChI=1S/C12H6N2/c13-6-1-2-10-3-4-12-9-14-7-5-11(12)8-10/h3-5,7-9H. The zero-order chi connectivity index (χ0) is 9.80. The summed E-state index contributed by atoms with van der Waals surface area (Å²) in [6.45, 7) is 0. The van der Waals surface area contributed by atoms with Crippen molar-refractivity contribution in [3.8, 4) is 17.9 Å². The van der Waals surface area contributed by atoms with Crippen molar-refractivity contribution in [2.75, 3.05) is 0 Å². The van der Waals surface area contributed by atoms with Crippen LogP contribution < -0.4 is 0 Å². The Labute approximate surface area is 81.8 Å². The van der Waals surface area contributed by atoms with Crippen molar-refractivity contribution < 1.29 is 0 Å². The van der Waals surface area contributed by atoms with E-state index in [9.17, 15) is 0 Å². The summed E-state index contributed by atoms with van der Waals surface area (Å²) in [5.74, 6) is 5.12. The maximum Gasteiger partial charge on any atom is 0.152 e. The van der Waals surface area contributed by atoms with Crippen molar-refractivity contribution in [1.29, 1.82) is 5.26 Å². The van der Waals surface area contributed by atoms with Gasteiger partial charge < -0.3 is 0 Å². The zero-order valence-corrected chi connectivity index (χ0v) is 7.36. The lowest BCUT2D eigenvalue weighted by Crippen LogP contribution is -1.77. The summed E-state index contributed by atoms with van der Waals surface area (Å²) in [6.07, 6.45) is 3.54. The van der Waals surface area contributed by atoms with Crippen LogP contribution in [0.25, 0.3) is 10.8 Å². The summed E-state index contributed by atoms with van der Waals surface area (Å²) in [5.41, 5.74) is 0.852. The minimum absolute atomic E-state index is 0.852. The Morgan fingerprint density at radius 1 is 1.14 bits per heavy atom. The Balaban J connectivity index is 2.58. The number of nitrogens with zero attached hydrogens (tertiary/aromatic N) is 2. The number of nitriles is 1. The number of aromatic nitrogens is 1. The molecule has 64 valence electrons. The summed E-state index contributed by atoms with van der Waals surface area (Å²) in [6, 6.07) is 9.49. The fourth-order valence-corrected chi connectivity index (χ4v) is 1.26. The van der Waals surface area contributed by atoms with Gasteiger partial charge in [-0.05, 0) is 23.6 Å². The first kappa shape index (κ1) is 8.29. The molecule has 1 aromatic heterocycles. The molecular weight excluding hydrogens is 172 g/mol. The van der Waals surface area contributed by atoms with E-state index in [2.05, 4.69) is 16.8 Å². The molecule has 14 heavy (non-hydrogen) atoms. The largest absolute Gasteiger partial charge is 0.264 e. The molecule has 0 atom stereocenters. The monoisotopic (exact) mass is 178 g/mol. The van der Waals surface area contributed by atoms with E-state index < -0.39 is 0 Å². The molecule has 1 heterocycles. The lowest BCUT2D eigenvalue weighted by atomic mass is 10.1. The predicted molar refractivity (Wildman–Crippen MR) is 54.2 cm³/mol. The summed E-state index contributed by atoms with van der Waals surface area (Å²) in [7, 11) is 0. The van der Waals surface area contributed by atoms with Gasteiger partial charge in [-0.15, -0.1) is 0 Å². The Morgan fingerprint density at radius 3 is 2.93 bits per heavy atom. The van der Waals surface area contributed by atoms with Gasteiger partial charge in [-0.2, -0.15) is 5.26 Å². The Hall–Kier alpha value is -2.32. The van der Waals surface area contributed by atoms with Crippen LogP contribution in [0.2, 0.25) is 0 Å². The van der Waals surface area contributed by atoms with Gasteiger partial charge in [0.05, 0.1) is 0 Å². The van der Waals surface area contributed by atoms with E-state index in [0.717, 1.165) is 16.3 Å². The zero-order valence-electron chi connectivity index (χ0n) is 7.36. The van der Waals surface area contributed by atoms with Crippen molar-refractivity contribution in [2.45, 2.75) is 0 Å². The van der Waals surface area contributed by atoms with Crippen molar-refractivity contribution >= 4 is 10.8 Å². The lowest BCUT2D eigenvalue weighted by Gasteiger charge is -1.95. The van der Waals surface area contributed by atoms with Crippen molar-refractivity contribution in [1.82, 2.24) is 4.98 Å². The average Bonchev–Trinajstić information content (AvgIpc) is 2.26. The summed E-state index contributed by atoms with van der Waals surface area (Å²) in [5, 5.41) is 10.5. The number of hydrogen-bond donors (Lipinski definition) is 0. The fourth-order valence-electron chi connectivity index (χ4n) is 1.26. The molecule has 0 aliphatic carbocycles. The van der Waals surface area contributed by atoms with E-state index in [-0.39, 0.29) is 0 Å². The molecule has 0 unspecified atom stereocenters. The van der Waals surface area contributed by atoms with Gasteiger partial charge in [-0.1, -0.05) is 12.0 Å². The van der Waals surface area contributed by atoms with Crippen LogP contribution in [-0.2, 0) is 0 Å². The van der Waals surface area contributed by atoms with Crippen LogP contribution in [0.3, 0.4) is 0 Å². The Bertz CT molecular complexity index is 568. The molecule has 0 saturated carbocycles. The maximum absolute atomic E-state index is 8.31. The van der Waals surface area contributed by atoms with Crippen molar-refractivity contribution in [3.05, 3.63) is 42.2 Å². The molecule has 0 aliphatic heterocycles. The van der Waals surface area contributed by atoms with Gasteiger partial charge >= 0.3 is 0 Å². The highest BCUT2D eigenvalue weighted by Crippen LogP contribution is 2.13. The number of pyridine rings is 1. The molecule has 2 rings (SSSR count). The molecule has 0 bridgehead atoms. The van der Waals surface area contributed by atoms with Gasteiger partial charge in [0.25, 0.3) is 0 Å². The molecule has 2 aromatic rings. The van der Waals surface area contributed by atoms with Crippen LogP contribution in [0.15, 0.2) is 36.7 Å². The van der Waals surface area contributed by atoms with E-state index in [0.29, 0.717) is 0 Å². The number of fused-ring (bicyclic) bond motifs is 1. The molecule has 2 heteroatoms. The maximum atomic E-state index is 8.31. The van der Waals surface area contributed by atoms with Crippen LogP contribution in [-0.4, -0.2) is 4.98 Å². The first-order chi connectivity index (χ1) is 6.90. The highest BCUT2D eigenvalue weighted by Gasteiger charge is 1.92. The van der Waals surface area contributed by atoms with Crippen LogP contribution in [0.1, 0.15) is 5.56 Å². The third kappa shape index (κ3) is 1.55. The summed E-state index contributed by atoms with van der Waals surface area (Å²) < 4.78 is 0. The van der Waals surface area contributed by atoms with E-state index in [1.165, 1.54) is 0 Å². The van der Waals surface area contributed by atoms with E-state index in [1.807, 2.05) is 24.3 Å².